The molecule has 1 aliphatic rings. The average molecular weight is 201 g/mol. The van der Waals surface area contributed by atoms with Gasteiger partial charge in [0.15, 0.2) is 0 Å². The van der Waals surface area contributed by atoms with Crippen LogP contribution in [-0.2, 0) is 0 Å². The fourth-order valence-electron chi connectivity index (χ4n) is 1.54. The number of rotatable bonds is 2. The van der Waals surface area contributed by atoms with E-state index in [1.54, 1.807) is 0 Å². The molecule has 1 aromatic carbocycles. The van der Waals surface area contributed by atoms with Gasteiger partial charge in [-0.1, -0.05) is 17.3 Å². The summed E-state index contributed by atoms with van der Waals surface area (Å²) < 4.78 is 5.18. The van der Waals surface area contributed by atoms with Gasteiger partial charge in [-0.2, -0.15) is 4.98 Å². The summed E-state index contributed by atoms with van der Waals surface area (Å²) in [5, 5.41) is 3.94. The number of hydrogen-bond donors (Lipinski definition) is 1. The van der Waals surface area contributed by atoms with Crippen molar-refractivity contribution in [1.82, 2.24) is 10.1 Å². The lowest BCUT2D eigenvalue weighted by Gasteiger charge is -1.97. The first-order valence-corrected chi connectivity index (χ1v) is 5.03. The van der Waals surface area contributed by atoms with E-state index in [0.717, 1.165) is 24.3 Å². The molecule has 1 heterocycles. The van der Waals surface area contributed by atoms with Crippen molar-refractivity contribution in [2.45, 2.75) is 18.8 Å². The molecular weight excluding hydrogens is 190 g/mol. The molecule has 4 heteroatoms. The third-order valence-electron chi connectivity index (χ3n) is 2.57. The molecule has 1 fully saturated rings. The third-order valence-corrected chi connectivity index (χ3v) is 2.57. The van der Waals surface area contributed by atoms with Crippen molar-refractivity contribution in [2.24, 2.45) is 0 Å². The van der Waals surface area contributed by atoms with Crippen molar-refractivity contribution < 1.29 is 4.52 Å². The molecule has 0 aliphatic heterocycles. The van der Waals surface area contributed by atoms with Crippen LogP contribution in [0.3, 0.4) is 0 Å². The number of nitrogen functional groups attached to an aromatic ring is 1. The van der Waals surface area contributed by atoms with Gasteiger partial charge in [0.1, 0.15) is 0 Å². The molecule has 3 rings (SSSR count). The Hall–Kier alpha value is -1.84. The van der Waals surface area contributed by atoms with Crippen LogP contribution in [0.4, 0.5) is 5.69 Å². The minimum Gasteiger partial charge on any atom is -0.398 e. The van der Waals surface area contributed by atoms with Crippen molar-refractivity contribution in [3.8, 4) is 11.4 Å². The maximum absolute atomic E-state index is 5.83. The Bertz CT molecular complexity index is 488. The second-order valence-electron chi connectivity index (χ2n) is 3.82. The molecule has 1 aromatic heterocycles. The zero-order valence-electron chi connectivity index (χ0n) is 8.18. The second kappa shape index (κ2) is 3.08. The highest BCUT2D eigenvalue weighted by molar-refractivity contribution is 5.70. The lowest BCUT2D eigenvalue weighted by molar-refractivity contribution is 0.380. The van der Waals surface area contributed by atoms with E-state index in [1.807, 2.05) is 24.3 Å². The average Bonchev–Trinajstić information content (AvgIpc) is 2.99. The van der Waals surface area contributed by atoms with Crippen LogP contribution in [0.5, 0.6) is 0 Å². The molecule has 0 radical (unpaired) electrons. The van der Waals surface area contributed by atoms with Gasteiger partial charge in [0, 0.05) is 17.2 Å². The van der Waals surface area contributed by atoms with E-state index in [4.69, 9.17) is 10.3 Å². The van der Waals surface area contributed by atoms with Crippen molar-refractivity contribution in [2.75, 3.05) is 5.73 Å². The standard InChI is InChI=1S/C11H11N3O/c12-9-4-2-1-3-8(9)10-13-11(15-14-10)7-5-6-7/h1-4,7H,5-6,12H2. The monoisotopic (exact) mass is 201 g/mol. The highest BCUT2D eigenvalue weighted by Crippen LogP contribution is 2.39. The third kappa shape index (κ3) is 1.48. The summed E-state index contributed by atoms with van der Waals surface area (Å²) in [5.41, 5.74) is 7.35. The summed E-state index contributed by atoms with van der Waals surface area (Å²) in [6.45, 7) is 0. The molecule has 76 valence electrons. The number of nitrogens with two attached hydrogens (primary N) is 1. The van der Waals surface area contributed by atoms with E-state index in [9.17, 15) is 0 Å². The summed E-state index contributed by atoms with van der Waals surface area (Å²) in [6.07, 6.45) is 2.32. The quantitative estimate of drug-likeness (QED) is 0.756. The van der Waals surface area contributed by atoms with Gasteiger partial charge in [-0.15, -0.1) is 0 Å². The van der Waals surface area contributed by atoms with Crippen LogP contribution in [0.1, 0.15) is 24.7 Å². The second-order valence-corrected chi connectivity index (χ2v) is 3.82. The Morgan fingerprint density at radius 3 is 2.80 bits per heavy atom. The number of para-hydroxylation sites is 1. The van der Waals surface area contributed by atoms with Gasteiger partial charge in [0.05, 0.1) is 0 Å². The van der Waals surface area contributed by atoms with Crippen LogP contribution >= 0.6 is 0 Å². The first-order chi connectivity index (χ1) is 7.34. The van der Waals surface area contributed by atoms with Crippen molar-refractivity contribution >= 4 is 5.69 Å². The summed E-state index contributed by atoms with van der Waals surface area (Å²) in [7, 11) is 0. The molecule has 4 nitrogen and oxygen atoms in total. The van der Waals surface area contributed by atoms with Crippen LogP contribution in [0, 0.1) is 0 Å². The lowest BCUT2D eigenvalue weighted by atomic mass is 10.2. The van der Waals surface area contributed by atoms with Crippen LogP contribution in [0.15, 0.2) is 28.8 Å². The molecule has 2 N–H and O–H groups in total. The Kier molecular flexibility index (Phi) is 1.74. The van der Waals surface area contributed by atoms with Crippen LogP contribution in [0.2, 0.25) is 0 Å². The molecule has 1 aliphatic carbocycles. The first-order valence-electron chi connectivity index (χ1n) is 5.03. The molecule has 0 amide bonds. The van der Waals surface area contributed by atoms with Gasteiger partial charge in [-0.3, -0.25) is 0 Å². The summed E-state index contributed by atoms with van der Waals surface area (Å²) >= 11 is 0. The molecule has 2 aromatic rings. The maximum Gasteiger partial charge on any atom is 0.230 e. The van der Waals surface area contributed by atoms with Crippen LogP contribution in [0.25, 0.3) is 11.4 Å². The Labute approximate surface area is 87.1 Å². The summed E-state index contributed by atoms with van der Waals surface area (Å²) in [4.78, 5) is 4.35. The normalized spacial score (nSPS) is 15.5. The van der Waals surface area contributed by atoms with Crippen molar-refractivity contribution in [1.29, 1.82) is 0 Å². The van der Waals surface area contributed by atoms with E-state index in [-0.39, 0.29) is 0 Å². The van der Waals surface area contributed by atoms with Crippen LogP contribution in [-0.4, -0.2) is 10.1 Å². The van der Waals surface area contributed by atoms with Crippen molar-refractivity contribution in [3.63, 3.8) is 0 Å². The predicted octanol–water partition coefficient (Wildman–Crippen LogP) is 2.20. The number of benzene rings is 1. The van der Waals surface area contributed by atoms with Gasteiger partial charge in [-0.25, -0.2) is 0 Å². The van der Waals surface area contributed by atoms with Crippen molar-refractivity contribution in [3.05, 3.63) is 30.2 Å². The topological polar surface area (TPSA) is 64.9 Å². The smallest absolute Gasteiger partial charge is 0.230 e. The van der Waals surface area contributed by atoms with Crippen LogP contribution < -0.4 is 5.73 Å². The minimum absolute atomic E-state index is 0.483. The number of hydrogen-bond acceptors (Lipinski definition) is 4. The van der Waals surface area contributed by atoms with Gasteiger partial charge in [-0.05, 0) is 25.0 Å². The number of aromatic nitrogens is 2. The Morgan fingerprint density at radius 2 is 2.07 bits per heavy atom. The van der Waals surface area contributed by atoms with E-state index in [2.05, 4.69) is 10.1 Å². The predicted molar refractivity (Wildman–Crippen MR) is 56.1 cm³/mol. The maximum atomic E-state index is 5.83. The minimum atomic E-state index is 0.483. The Balaban J connectivity index is 2.01. The molecule has 0 saturated heterocycles. The number of nitrogens with zero attached hydrogens (tertiary/aromatic N) is 2. The SMILES string of the molecule is Nc1ccccc1-c1noc(C2CC2)n1. The first kappa shape index (κ1) is 8.47. The Morgan fingerprint density at radius 1 is 1.27 bits per heavy atom. The van der Waals surface area contributed by atoms with Gasteiger partial charge < -0.3 is 10.3 Å². The largest absolute Gasteiger partial charge is 0.398 e. The summed E-state index contributed by atoms with van der Waals surface area (Å²) in [6, 6.07) is 7.54. The molecule has 0 unspecified atom stereocenters. The zero-order chi connectivity index (χ0) is 10.3. The molecule has 0 bridgehead atoms. The van der Waals surface area contributed by atoms with E-state index in [1.165, 1.54) is 0 Å². The molecule has 15 heavy (non-hydrogen) atoms. The fourth-order valence-corrected chi connectivity index (χ4v) is 1.54. The van der Waals surface area contributed by atoms with Gasteiger partial charge >= 0.3 is 0 Å². The zero-order valence-corrected chi connectivity index (χ0v) is 8.18. The van der Waals surface area contributed by atoms with E-state index in [0.29, 0.717) is 17.4 Å². The molecule has 0 spiro atoms. The highest BCUT2D eigenvalue weighted by Gasteiger charge is 2.29. The lowest BCUT2D eigenvalue weighted by Crippen LogP contribution is -1.90. The van der Waals surface area contributed by atoms with Gasteiger partial charge in [0.25, 0.3) is 0 Å². The molecule has 1 saturated carbocycles. The fraction of sp³-hybridized carbons (Fsp3) is 0.273. The molecular formula is C11H11N3O. The van der Waals surface area contributed by atoms with E-state index >= 15 is 0 Å². The summed E-state index contributed by atoms with van der Waals surface area (Å²) in [5.74, 6) is 1.82. The van der Waals surface area contributed by atoms with E-state index < -0.39 is 0 Å². The molecule has 0 atom stereocenters. The highest BCUT2D eigenvalue weighted by atomic mass is 16.5. The van der Waals surface area contributed by atoms with Gasteiger partial charge in [0.2, 0.25) is 11.7 Å². The number of anilines is 1.